The van der Waals surface area contributed by atoms with Crippen LogP contribution in [0, 0.1) is 19.7 Å². The first-order valence-electron chi connectivity index (χ1n) is 6.23. The number of thiazole rings is 1. The molecular formula is C15H11FN2O2S. The number of hydrogen-bond acceptors (Lipinski definition) is 4. The summed E-state index contributed by atoms with van der Waals surface area (Å²) in [6, 6.07) is 5.39. The van der Waals surface area contributed by atoms with Crippen molar-refractivity contribution in [3.63, 3.8) is 0 Å². The predicted octanol–water partition coefficient (Wildman–Crippen LogP) is 3.81. The molecule has 4 nitrogen and oxygen atoms in total. The van der Waals surface area contributed by atoms with Crippen molar-refractivity contribution in [1.82, 2.24) is 9.97 Å². The number of carbonyl (C=O) groups is 1. The molecule has 0 aliphatic carbocycles. The van der Waals surface area contributed by atoms with Crippen LogP contribution in [0.4, 0.5) is 4.39 Å². The maximum absolute atomic E-state index is 13.4. The highest BCUT2D eigenvalue weighted by atomic mass is 32.1. The zero-order valence-corrected chi connectivity index (χ0v) is 12.2. The Kier molecular flexibility index (Phi) is 3.17. The number of carboxylic acid groups (broad SMARTS) is 1. The minimum atomic E-state index is -1.07. The Balaban J connectivity index is 2.34. The third-order valence-electron chi connectivity index (χ3n) is 3.15. The van der Waals surface area contributed by atoms with Crippen molar-refractivity contribution in [2.24, 2.45) is 0 Å². The van der Waals surface area contributed by atoms with Gasteiger partial charge in [0.2, 0.25) is 0 Å². The summed E-state index contributed by atoms with van der Waals surface area (Å²) in [6.07, 6.45) is 0. The minimum Gasteiger partial charge on any atom is -0.478 e. The van der Waals surface area contributed by atoms with Crippen LogP contribution in [0.3, 0.4) is 0 Å². The van der Waals surface area contributed by atoms with Gasteiger partial charge in [-0.25, -0.2) is 19.2 Å². The van der Waals surface area contributed by atoms with Gasteiger partial charge in [-0.3, -0.25) is 0 Å². The van der Waals surface area contributed by atoms with E-state index in [0.29, 0.717) is 22.3 Å². The van der Waals surface area contributed by atoms with E-state index < -0.39 is 11.8 Å². The summed E-state index contributed by atoms with van der Waals surface area (Å²) in [5, 5.41) is 10.6. The van der Waals surface area contributed by atoms with Gasteiger partial charge in [0.15, 0.2) is 0 Å². The fourth-order valence-electron chi connectivity index (χ4n) is 2.27. The van der Waals surface area contributed by atoms with Crippen LogP contribution in [0.5, 0.6) is 0 Å². The van der Waals surface area contributed by atoms with Crippen LogP contribution < -0.4 is 0 Å². The molecule has 0 bridgehead atoms. The van der Waals surface area contributed by atoms with Gasteiger partial charge in [0.05, 0.1) is 21.8 Å². The van der Waals surface area contributed by atoms with E-state index in [-0.39, 0.29) is 5.56 Å². The number of aromatic carboxylic acids is 1. The monoisotopic (exact) mass is 302 g/mol. The lowest BCUT2D eigenvalue weighted by molar-refractivity contribution is 0.0699. The van der Waals surface area contributed by atoms with E-state index in [1.165, 1.54) is 35.6 Å². The highest BCUT2D eigenvalue weighted by Gasteiger charge is 2.16. The molecule has 3 aromatic rings. The molecule has 0 aliphatic rings. The first kappa shape index (κ1) is 13.6. The van der Waals surface area contributed by atoms with E-state index in [1.54, 1.807) is 0 Å². The van der Waals surface area contributed by atoms with Crippen LogP contribution in [0.25, 0.3) is 22.3 Å². The van der Waals surface area contributed by atoms with Crippen LogP contribution in [-0.2, 0) is 0 Å². The number of aromatic nitrogens is 2. The average molecular weight is 302 g/mol. The number of aryl methyl sites for hydroxylation is 2. The Morgan fingerprint density at radius 1 is 1.24 bits per heavy atom. The summed E-state index contributed by atoms with van der Waals surface area (Å²) in [5.74, 6) is -1.52. The highest BCUT2D eigenvalue weighted by molar-refractivity contribution is 7.11. The molecule has 0 saturated carbocycles. The number of fused-ring (bicyclic) bond motifs is 1. The highest BCUT2D eigenvalue weighted by Crippen LogP contribution is 2.29. The van der Waals surface area contributed by atoms with Crippen molar-refractivity contribution in [3.8, 4) is 11.4 Å². The summed E-state index contributed by atoms with van der Waals surface area (Å²) in [6.45, 7) is 3.78. The third-order valence-corrected chi connectivity index (χ3v) is 4.03. The summed E-state index contributed by atoms with van der Waals surface area (Å²) in [4.78, 5) is 21.1. The zero-order chi connectivity index (χ0) is 15.1. The standard InChI is InChI=1S/C15H11FN2O2S/c1-7-14(17-8(2)21-7)13-6-11(15(19)20)10-4-3-9(16)5-12(10)18-13/h3-6H,1-2H3,(H,19,20). The van der Waals surface area contributed by atoms with E-state index in [0.717, 1.165) is 9.88 Å². The molecule has 1 aromatic carbocycles. The van der Waals surface area contributed by atoms with Gasteiger partial charge in [-0.2, -0.15) is 0 Å². The molecule has 2 aromatic heterocycles. The number of carboxylic acids is 1. The lowest BCUT2D eigenvalue weighted by atomic mass is 10.1. The Bertz CT molecular complexity index is 873. The smallest absolute Gasteiger partial charge is 0.336 e. The molecule has 0 amide bonds. The van der Waals surface area contributed by atoms with Gasteiger partial charge in [-0.15, -0.1) is 11.3 Å². The molecule has 2 heterocycles. The molecule has 21 heavy (non-hydrogen) atoms. The zero-order valence-electron chi connectivity index (χ0n) is 11.3. The van der Waals surface area contributed by atoms with Gasteiger partial charge in [-0.05, 0) is 32.0 Å². The normalized spacial score (nSPS) is 11.0. The maximum Gasteiger partial charge on any atom is 0.336 e. The molecule has 1 N–H and O–H groups in total. The number of hydrogen-bond donors (Lipinski definition) is 1. The molecule has 3 rings (SSSR count). The van der Waals surface area contributed by atoms with E-state index in [2.05, 4.69) is 9.97 Å². The fraction of sp³-hybridized carbons (Fsp3) is 0.133. The summed E-state index contributed by atoms with van der Waals surface area (Å²) in [7, 11) is 0. The first-order valence-corrected chi connectivity index (χ1v) is 7.05. The predicted molar refractivity (Wildman–Crippen MR) is 79.2 cm³/mol. The van der Waals surface area contributed by atoms with Crippen LogP contribution in [0.1, 0.15) is 20.2 Å². The molecule has 0 radical (unpaired) electrons. The van der Waals surface area contributed by atoms with Crippen molar-refractivity contribution < 1.29 is 14.3 Å². The molecular weight excluding hydrogens is 291 g/mol. The van der Waals surface area contributed by atoms with E-state index in [1.807, 2.05) is 13.8 Å². The quantitative estimate of drug-likeness (QED) is 0.782. The Morgan fingerprint density at radius 2 is 2.00 bits per heavy atom. The number of pyridine rings is 1. The summed E-state index contributed by atoms with van der Waals surface area (Å²) >= 11 is 1.51. The van der Waals surface area contributed by atoms with Gasteiger partial charge >= 0.3 is 5.97 Å². The lowest BCUT2D eigenvalue weighted by Crippen LogP contribution is -2.01. The largest absolute Gasteiger partial charge is 0.478 e. The second-order valence-electron chi connectivity index (χ2n) is 4.66. The van der Waals surface area contributed by atoms with Crippen molar-refractivity contribution in [2.45, 2.75) is 13.8 Å². The summed E-state index contributed by atoms with van der Waals surface area (Å²) < 4.78 is 13.4. The van der Waals surface area contributed by atoms with Crippen molar-refractivity contribution >= 4 is 28.2 Å². The Labute approximate surface area is 123 Å². The van der Waals surface area contributed by atoms with Crippen LogP contribution >= 0.6 is 11.3 Å². The molecule has 0 fully saturated rings. The number of benzene rings is 1. The van der Waals surface area contributed by atoms with Gasteiger partial charge in [-0.1, -0.05) is 0 Å². The molecule has 0 aliphatic heterocycles. The fourth-order valence-corrected chi connectivity index (χ4v) is 3.09. The molecule has 0 unspecified atom stereocenters. The topological polar surface area (TPSA) is 63.1 Å². The molecule has 0 atom stereocenters. The Hall–Kier alpha value is -2.34. The minimum absolute atomic E-state index is 0.0973. The second kappa shape index (κ2) is 4.89. The number of nitrogens with zero attached hydrogens (tertiary/aromatic N) is 2. The van der Waals surface area contributed by atoms with Crippen LogP contribution in [-0.4, -0.2) is 21.0 Å². The van der Waals surface area contributed by atoms with Gasteiger partial charge < -0.3 is 5.11 Å². The van der Waals surface area contributed by atoms with Gasteiger partial charge in [0.25, 0.3) is 0 Å². The van der Waals surface area contributed by atoms with Crippen molar-refractivity contribution in [1.29, 1.82) is 0 Å². The SMILES string of the molecule is Cc1nc(-c2cc(C(=O)O)c3ccc(F)cc3n2)c(C)s1. The van der Waals surface area contributed by atoms with Crippen molar-refractivity contribution in [2.75, 3.05) is 0 Å². The molecule has 106 valence electrons. The number of halogens is 1. The lowest BCUT2D eigenvalue weighted by Gasteiger charge is -2.06. The third kappa shape index (κ3) is 2.38. The van der Waals surface area contributed by atoms with Gasteiger partial charge in [0.1, 0.15) is 11.5 Å². The van der Waals surface area contributed by atoms with Crippen LogP contribution in [0.2, 0.25) is 0 Å². The maximum atomic E-state index is 13.4. The first-order chi connectivity index (χ1) is 9.95. The summed E-state index contributed by atoms with van der Waals surface area (Å²) in [5.41, 5.74) is 1.51. The average Bonchev–Trinajstić information content (AvgIpc) is 2.75. The second-order valence-corrected chi connectivity index (χ2v) is 6.07. The number of rotatable bonds is 2. The van der Waals surface area contributed by atoms with Crippen molar-refractivity contribution in [3.05, 3.63) is 45.5 Å². The van der Waals surface area contributed by atoms with E-state index in [9.17, 15) is 14.3 Å². The molecule has 6 heteroatoms. The molecule has 0 spiro atoms. The Morgan fingerprint density at radius 3 is 2.62 bits per heavy atom. The van der Waals surface area contributed by atoms with E-state index in [4.69, 9.17) is 0 Å². The van der Waals surface area contributed by atoms with Gasteiger partial charge in [0, 0.05) is 16.3 Å². The van der Waals surface area contributed by atoms with E-state index >= 15 is 0 Å². The van der Waals surface area contributed by atoms with Crippen LogP contribution in [0.15, 0.2) is 24.3 Å². The molecule has 0 saturated heterocycles.